The van der Waals surface area contributed by atoms with Gasteiger partial charge >= 0.3 is 5.69 Å². The van der Waals surface area contributed by atoms with Crippen molar-refractivity contribution in [3.63, 3.8) is 0 Å². The zero-order valence-corrected chi connectivity index (χ0v) is 20.2. The Hall–Kier alpha value is -3.81. The fourth-order valence-electron chi connectivity index (χ4n) is 4.77. The summed E-state index contributed by atoms with van der Waals surface area (Å²) in [4.78, 5) is 33.9. The molecular weight excluding hydrogens is 430 g/mol. The van der Waals surface area contributed by atoms with Gasteiger partial charge in [-0.2, -0.15) is 4.98 Å². The van der Waals surface area contributed by atoms with Crippen LogP contribution < -0.4 is 20.9 Å². The minimum Gasteiger partial charge on any atom is -0.497 e. The predicted molar refractivity (Wildman–Crippen MR) is 133 cm³/mol. The second kappa shape index (κ2) is 8.20. The van der Waals surface area contributed by atoms with Crippen LogP contribution in [0.2, 0.25) is 0 Å². The number of hydrogen-bond acceptors (Lipinski definition) is 5. The second-order valence-electron chi connectivity index (χ2n) is 9.27. The lowest BCUT2D eigenvalue weighted by atomic mass is 10.1. The lowest BCUT2D eigenvalue weighted by Gasteiger charge is -2.33. The first-order chi connectivity index (χ1) is 16.3. The monoisotopic (exact) mass is 459 g/mol. The number of aromatic nitrogens is 4. The number of fused-ring (bicyclic) bond motifs is 3. The zero-order chi connectivity index (χ0) is 24.1. The molecule has 1 atom stereocenters. The lowest BCUT2D eigenvalue weighted by molar-refractivity contribution is 0.414. The molecule has 4 aromatic rings. The Bertz CT molecular complexity index is 1510. The molecule has 0 spiro atoms. The van der Waals surface area contributed by atoms with Gasteiger partial charge in [0.15, 0.2) is 11.2 Å². The first kappa shape index (κ1) is 22.0. The van der Waals surface area contributed by atoms with Crippen molar-refractivity contribution >= 4 is 22.8 Å². The van der Waals surface area contributed by atoms with E-state index in [4.69, 9.17) is 9.72 Å². The highest BCUT2D eigenvalue weighted by Crippen LogP contribution is 2.33. The molecule has 176 valence electrons. The highest BCUT2D eigenvalue weighted by Gasteiger charge is 2.30. The Kier molecular flexibility index (Phi) is 5.31. The van der Waals surface area contributed by atoms with Gasteiger partial charge in [0.25, 0.3) is 5.56 Å². The van der Waals surface area contributed by atoms with Crippen molar-refractivity contribution in [2.24, 2.45) is 13.0 Å². The van der Waals surface area contributed by atoms with Crippen molar-refractivity contribution in [1.82, 2.24) is 18.7 Å². The highest BCUT2D eigenvalue weighted by atomic mass is 16.5. The Labute approximate surface area is 197 Å². The van der Waals surface area contributed by atoms with E-state index < -0.39 is 0 Å². The molecule has 8 heteroatoms. The molecule has 3 heterocycles. The van der Waals surface area contributed by atoms with E-state index >= 15 is 0 Å². The van der Waals surface area contributed by atoms with Crippen molar-refractivity contribution in [2.45, 2.75) is 33.9 Å². The van der Waals surface area contributed by atoms with Crippen LogP contribution in [0.1, 0.15) is 23.6 Å². The maximum Gasteiger partial charge on any atom is 0.332 e. The number of aryl methyl sites for hydroxylation is 3. The summed E-state index contributed by atoms with van der Waals surface area (Å²) in [6.07, 6.45) is 0. The molecule has 0 radical (unpaired) electrons. The number of ether oxygens (including phenoxy) is 1. The molecule has 5 rings (SSSR count). The molecule has 0 amide bonds. The van der Waals surface area contributed by atoms with E-state index in [2.05, 4.69) is 11.8 Å². The van der Waals surface area contributed by atoms with Gasteiger partial charge in [0.2, 0.25) is 5.95 Å². The average molecular weight is 460 g/mol. The molecule has 0 N–H and O–H groups in total. The van der Waals surface area contributed by atoms with Gasteiger partial charge in [-0.3, -0.25) is 13.9 Å². The summed E-state index contributed by atoms with van der Waals surface area (Å²) in [6, 6.07) is 13.9. The summed E-state index contributed by atoms with van der Waals surface area (Å²) in [5, 5.41) is 0. The van der Waals surface area contributed by atoms with Crippen molar-refractivity contribution in [1.29, 1.82) is 0 Å². The first-order valence-electron chi connectivity index (χ1n) is 11.5. The van der Waals surface area contributed by atoms with Gasteiger partial charge in [-0.25, -0.2) is 4.79 Å². The summed E-state index contributed by atoms with van der Waals surface area (Å²) in [5.41, 5.74) is 4.28. The topological polar surface area (TPSA) is 74.3 Å². The van der Waals surface area contributed by atoms with Crippen LogP contribution in [0.25, 0.3) is 11.2 Å². The standard InChI is InChI=1S/C26H29N5O3/c1-16-6-7-18(3)19(12-16)15-31-24(32)22-23(28(4)26(31)33)27-25-29(13-17(2)14-30(22)25)20-8-10-21(34-5)11-9-20/h6-12,17H,13-15H2,1-5H3. The van der Waals surface area contributed by atoms with E-state index in [1.165, 1.54) is 9.13 Å². The number of benzene rings is 2. The Balaban J connectivity index is 1.70. The largest absolute Gasteiger partial charge is 0.497 e. The minimum absolute atomic E-state index is 0.229. The summed E-state index contributed by atoms with van der Waals surface area (Å²) in [5.74, 6) is 1.74. The molecule has 0 saturated heterocycles. The molecule has 1 unspecified atom stereocenters. The van der Waals surface area contributed by atoms with Crippen LogP contribution in [0.5, 0.6) is 5.75 Å². The number of methoxy groups -OCH3 is 1. The van der Waals surface area contributed by atoms with Gasteiger partial charge in [-0.15, -0.1) is 0 Å². The molecule has 0 fully saturated rings. The van der Waals surface area contributed by atoms with E-state index in [1.807, 2.05) is 60.9 Å². The third kappa shape index (κ3) is 3.50. The van der Waals surface area contributed by atoms with Crippen LogP contribution in [0.15, 0.2) is 52.1 Å². The Morgan fingerprint density at radius 3 is 2.50 bits per heavy atom. The van der Waals surface area contributed by atoms with E-state index in [9.17, 15) is 9.59 Å². The van der Waals surface area contributed by atoms with Crippen LogP contribution in [0.4, 0.5) is 11.6 Å². The molecular formula is C26H29N5O3. The van der Waals surface area contributed by atoms with Gasteiger partial charge in [-0.05, 0) is 55.2 Å². The third-order valence-corrected chi connectivity index (χ3v) is 6.66. The SMILES string of the molecule is COc1ccc(N2CC(C)Cn3c2nc2c3c(=O)n(Cc3cc(C)ccc3C)c(=O)n2C)cc1. The smallest absolute Gasteiger partial charge is 0.332 e. The summed E-state index contributed by atoms with van der Waals surface area (Å²) in [7, 11) is 3.32. The van der Waals surface area contributed by atoms with Crippen LogP contribution in [-0.2, 0) is 20.1 Å². The van der Waals surface area contributed by atoms with Crippen molar-refractivity contribution in [3.05, 3.63) is 80.0 Å². The maximum atomic E-state index is 13.7. The lowest BCUT2D eigenvalue weighted by Crippen LogP contribution is -2.40. The second-order valence-corrected chi connectivity index (χ2v) is 9.27. The van der Waals surface area contributed by atoms with Crippen LogP contribution >= 0.6 is 0 Å². The van der Waals surface area contributed by atoms with E-state index in [-0.39, 0.29) is 23.7 Å². The summed E-state index contributed by atoms with van der Waals surface area (Å²) >= 11 is 0. The fourth-order valence-corrected chi connectivity index (χ4v) is 4.77. The van der Waals surface area contributed by atoms with Gasteiger partial charge in [0.05, 0.1) is 13.7 Å². The van der Waals surface area contributed by atoms with Crippen molar-refractivity contribution < 1.29 is 4.74 Å². The van der Waals surface area contributed by atoms with Crippen molar-refractivity contribution in [3.8, 4) is 5.75 Å². The number of nitrogens with zero attached hydrogens (tertiary/aromatic N) is 5. The van der Waals surface area contributed by atoms with E-state index in [0.29, 0.717) is 23.7 Å². The van der Waals surface area contributed by atoms with Crippen LogP contribution in [0, 0.1) is 19.8 Å². The fraction of sp³-hybridized carbons (Fsp3) is 0.346. The van der Waals surface area contributed by atoms with Crippen LogP contribution in [0.3, 0.4) is 0 Å². The zero-order valence-electron chi connectivity index (χ0n) is 20.2. The average Bonchev–Trinajstić information content (AvgIpc) is 3.21. The maximum absolute atomic E-state index is 13.7. The Morgan fingerprint density at radius 1 is 1.06 bits per heavy atom. The molecule has 2 aromatic heterocycles. The molecule has 8 nitrogen and oxygen atoms in total. The quantitative estimate of drug-likeness (QED) is 0.468. The molecule has 1 aliphatic rings. The first-order valence-corrected chi connectivity index (χ1v) is 11.5. The predicted octanol–water partition coefficient (Wildman–Crippen LogP) is 3.36. The minimum atomic E-state index is -0.363. The molecule has 1 aliphatic heterocycles. The third-order valence-electron chi connectivity index (χ3n) is 6.66. The molecule has 0 bridgehead atoms. The number of hydrogen-bond donors (Lipinski definition) is 0. The number of rotatable bonds is 4. The summed E-state index contributed by atoms with van der Waals surface area (Å²) in [6.45, 7) is 7.82. The molecule has 2 aromatic carbocycles. The van der Waals surface area contributed by atoms with Gasteiger partial charge in [-0.1, -0.05) is 30.7 Å². The molecule has 0 aliphatic carbocycles. The molecule has 0 saturated carbocycles. The van der Waals surface area contributed by atoms with E-state index in [1.54, 1.807) is 14.2 Å². The summed E-state index contributed by atoms with van der Waals surface area (Å²) < 4.78 is 10.1. The number of anilines is 2. The van der Waals surface area contributed by atoms with Crippen molar-refractivity contribution in [2.75, 3.05) is 18.6 Å². The van der Waals surface area contributed by atoms with Crippen LogP contribution in [-0.4, -0.2) is 32.3 Å². The number of imidazole rings is 1. The van der Waals surface area contributed by atoms with E-state index in [0.717, 1.165) is 34.7 Å². The normalized spacial score (nSPS) is 15.6. The Morgan fingerprint density at radius 2 is 1.79 bits per heavy atom. The van der Waals surface area contributed by atoms with Gasteiger partial charge in [0.1, 0.15) is 5.75 Å². The molecule has 34 heavy (non-hydrogen) atoms. The van der Waals surface area contributed by atoms with Gasteiger partial charge < -0.3 is 14.2 Å². The van der Waals surface area contributed by atoms with Gasteiger partial charge in [0, 0.05) is 25.8 Å². The highest BCUT2D eigenvalue weighted by molar-refractivity contribution is 5.77.